The number of hydrogen-bond donors (Lipinski definition) is 2. The van der Waals surface area contributed by atoms with Crippen molar-refractivity contribution in [2.24, 2.45) is 10.9 Å². The quantitative estimate of drug-likeness (QED) is 0.429. The minimum absolute atomic E-state index is 0.689. The molecule has 1 aliphatic carbocycles. The molecule has 6 heteroatoms. The Kier molecular flexibility index (Phi) is 6.79. The van der Waals surface area contributed by atoms with Crippen molar-refractivity contribution in [1.82, 2.24) is 10.6 Å². The third kappa shape index (κ3) is 6.12. The number of hydrogen-bond acceptors (Lipinski definition) is 4. The highest BCUT2D eigenvalue weighted by Gasteiger charge is 2.20. The fourth-order valence-corrected chi connectivity index (χ4v) is 2.64. The van der Waals surface area contributed by atoms with Crippen molar-refractivity contribution in [3.05, 3.63) is 23.8 Å². The maximum Gasteiger partial charge on any atom is 0.191 e. The van der Waals surface area contributed by atoms with Crippen molar-refractivity contribution in [3.8, 4) is 11.5 Å². The molecule has 25 heavy (non-hydrogen) atoms. The highest BCUT2D eigenvalue weighted by Crippen LogP contribution is 2.30. The summed E-state index contributed by atoms with van der Waals surface area (Å²) in [5.74, 6) is 3.29. The molecule has 1 heterocycles. The summed E-state index contributed by atoms with van der Waals surface area (Å²) < 4.78 is 17.0. The average molecular weight is 347 g/mol. The second-order valence-electron chi connectivity index (χ2n) is 6.56. The number of nitrogens with zero attached hydrogens (tertiary/aromatic N) is 1. The Morgan fingerprint density at radius 3 is 2.84 bits per heavy atom. The monoisotopic (exact) mass is 347 g/mol. The molecule has 0 spiro atoms. The fourth-order valence-electron chi connectivity index (χ4n) is 2.64. The molecular weight excluding hydrogens is 318 g/mol. The Bertz CT molecular complexity index is 573. The summed E-state index contributed by atoms with van der Waals surface area (Å²) in [6.45, 7) is 4.70. The van der Waals surface area contributed by atoms with Gasteiger partial charge in [0.2, 0.25) is 0 Å². The predicted molar refractivity (Wildman–Crippen MR) is 98.4 cm³/mol. The third-order valence-electron chi connectivity index (χ3n) is 4.30. The first kappa shape index (κ1) is 17.9. The molecular formula is C19H29N3O3. The van der Waals surface area contributed by atoms with Gasteiger partial charge >= 0.3 is 0 Å². The van der Waals surface area contributed by atoms with E-state index in [1.807, 2.05) is 12.1 Å². The van der Waals surface area contributed by atoms with Crippen molar-refractivity contribution in [3.63, 3.8) is 0 Å². The predicted octanol–water partition coefficient (Wildman–Crippen LogP) is 2.33. The topological polar surface area (TPSA) is 64.1 Å². The lowest BCUT2D eigenvalue weighted by Gasteiger charge is -2.13. The van der Waals surface area contributed by atoms with Crippen molar-refractivity contribution in [1.29, 1.82) is 0 Å². The molecule has 6 nitrogen and oxygen atoms in total. The van der Waals surface area contributed by atoms with Crippen LogP contribution in [0.5, 0.6) is 11.5 Å². The van der Waals surface area contributed by atoms with Gasteiger partial charge in [-0.1, -0.05) is 6.07 Å². The molecule has 1 aromatic rings. The zero-order valence-electron chi connectivity index (χ0n) is 15.1. The summed E-state index contributed by atoms with van der Waals surface area (Å²) in [4.78, 5) is 4.26. The zero-order chi connectivity index (χ0) is 17.3. The summed E-state index contributed by atoms with van der Waals surface area (Å²) in [5.41, 5.74) is 1.14. The number of ether oxygens (including phenoxy) is 3. The molecule has 0 aromatic heterocycles. The van der Waals surface area contributed by atoms with Gasteiger partial charge in [0.15, 0.2) is 17.5 Å². The van der Waals surface area contributed by atoms with Crippen LogP contribution in [0.4, 0.5) is 0 Å². The Hall–Kier alpha value is -1.95. The van der Waals surface area contributed by atoms with Crippen molar-refractivity contribution < 1.29 is 14.2 Å². The molecule has 0 saturated heterocycles. The van der Waals surface area contributed by atoms with Gasteiger partial charge in [-0.2, -0.15) is 0 Å². The van der Waals surface area contributed by atoms with E-state index >= 15 is 0 Å². The molecule has 1 aromatic carbocycles. The molecule has 0 atom stereocenters. The smallest absolute Gasteiger partial charge is 0.191 e. The molecule has 1 aliphatic heterocycles. The van der Waals surface area contributed by atoms with Crippen LogP contribution in [0.25, 0.3) is 0 Å². The standard InChI is InChI=1S/C19H29N3O3/c1-20-19(21-8-2-9-23-14-15-4-5-15)22-13-16-6-7-17-18(12-16)25-11-3-10-24-17/h6-7,12,15H,2-5,8-11,13-14H2,1H3,(H2,20,21,22). The minimum atomic E-state index is 0.689. The van der Waals surface area contributed by atoms with E-state index in [9.17, 15) is 0 Å². The lowest BCUT2D eigenvalue weighted by molar-refractivity contribution is 0.123. The first-order chi connectivity index (χ1) is 12.3. The molecule has 138 valence electrons. The maximum absolute atomic E-state index is 5.73. The molecule has 1 fully saturated rings. The van der Waals surface area contributed by atoms with Gasteiger partial charge in [0.1, 0.15) is 0 Å². The fraction of sp³-hybridized carbons (Fsp3) is 0.632. The Balaban J connectivity index is 1.36. The van der Waals surface area contributed by atoms with E-state index in [0.29, 0.717) is 19.8 Å². The normalized spacial score (nSPS) is 17.1. The summed E-state index contributed by atoms with van der Waals surface area (Å²) in [6, 6.07) is 6.07. The molecule has 0 radical (unpaired) electrons. The second-order valence-corrected chi connectivity index (χ2v) is 6.56. The van der Waals surface area contributed by atoms with Crippen LogP contribution in [0.1, 0.15) is 31.2 Å². The van der Waals surface area contributed by atoms with Crippen molar-refractivity contribution in [2.45, 2.75) is 32.2 Å². The van der Waals surface area contributed by atoms with Crippen LogP contribution < -0.4 is 20.1 Å². The molecule has 0 unspecified atom stereocenters. The minimum Gasteiger partial charge on any atom is -0.490 e. The van der Waals surface area contributed by atoms with Gasteiger partial charge in [-0.25, -0.2) is 0 Å². The highest BCUT2D eigenvalue weighted by atomic mass is 16.5. The van der Waals surface area contributed by atoms with Crippen LogP contribution >= 0.6 is 0 Å². The number of guanidine groups is 1. The molecule has 2 aliphatic rings. The molecule has 1 saturated carbocycles. The van der Waals surface area contributed by atoms with E-state index in [-0.39, 0.29) is 0 Å². The molecule has 0 bridgehead atoms. The van der Waals surface area contributed by atoms with Gasteiger partial charge in [-0.3, -0.25) is 4.99 Å². The van der Waals surface area contributed by atoms with E-state index in [0.717, 1.165) is 61.5 Å². The van der Waals surface area contributed by atoms with Crippen LogP contribution in [0.15, 0.2) is 23.2 Å². The Labute approximate surface area is 149 Å². The second kappa shape index (κ2) is 9.51. The molecule has 3 rings (SSSR count). The van der Waals surface area contributed by atoms with Crippen LogP contribution in [0.3, 0.4) is 0 Å². The third-order valence-corrected chi connectivity index (χ3v) is 4.30. The summed E-state index contributed by atoms with van der Waals surface area (Å²) in [6.07, 6.45) is 4.59. The zero-order valence-corrected chi connectivity index (χ0v) is 15.1. The van der Waals surface area contributed by atoms with Gasteiger partial charge in [-0.15, -0.1) is 0 Å². The van der Waals surface area contributed by atoms with Gasteiger partial charge in [0, 0.05) is 39.8 Å². The summed E-state index contributed by atoms with van der Waals surface area (Å²) >= 11 is 0. The first-order valence-electron chi connectivity index (χ1n) is 9.26. The van der Waals surface area contributed by atoms with Crippen LogP contribution in [-0.2, 0) is 11.3 Å². The van der Waals surface area contributed by atoms with E-state index in [4.69, 9.17) is 14.2 Å². The first-order valence-corrected chi connectivity index (χ1v) is 9.26. The Morgan fingerprint density at radius 2 is 2.04 bits per heavy atom. The number of aliphatic imine (C=N–C) groups is 1. The number of benzene rings is 1. The van der Waals surface area contributed by atoms with E-state index in [1.165, 1.54) is 12.8 Å². The SMILES string of the molecule is CN=C(NCCCOCC1CC1)NCc1ccc2c(c1)OCCCO2. The summed E-state index contributed by atoms with van der Waals surface area (Å²) in [5, 5.41) is 6.65. The van der Waals surface area contributed by atoms with Crippen LogP contribution in [0, 0.1) is 5.92 Å². The van der Waals surface area contributed by atoms with Crippen molar-refractivity contribution in [2.75, 3.05) is 40.0 Å². The summed E-state index contributed by atoms with van der Waals surface area (Å²) in [7, 11) is 1.78. The highest BCUT2D eigenvalue weighted by molar-refractivity contribution is 5.79. The number of rotatable bonds is 8. The lowest BCUT2D eigenvalue weighted by Crippen LogP contribution is -2.37. The largest absolute Gasteiger partial charge is 0.490 e. The van der Waals surface area contributed by atoms with E-state index in [1.54, 1.807) is 7.05 Å². The van der Waals surface area contributed by atoms with Crippen LogP contribution in [0.2, 0.25) is 0 Å². The Morgan fingerprint density at radius 1 is 1.20 bits per heavy atom. The van der Waals surface area contributed by atoms with Gasteiger partial charge in [0.25, 0.3) is 0 Å². The van der Waals surface area contributed by atoms with E-state index in [2.05, 4.69) is 21.7 Å². The number of nitrogens with one attached hydrogen (secondary N) is 2. The van der Waals surface area contributed by atoms with Gasteiger partial charge in [0.05, 0.1) is 13.2 Å². The van der Waals surface area contributed by atoms with Gasteiger partial charge < -0.3 is 24.8 Å². The van der Waals surface area contributed by atoms with E-state index < -0.39 is 0 Å². The average Bonchev–Trinajstić information content (AvgIpc) is 3.47. The van der Waals surface area contributed by atoms with Crippen molar-refractivity contribution >= 4 is 5.96 Å². The lowest BCUT2D eigenvalue weighted by atomic mass is 10.2. The molecule has 2 N–H and O–H groups in total. The maximum atomic E-state index is 5.73. The van der Waals surface area contributed by atoms with Gasteiger partial charge in [-0.05, 0) is 42.9 Å². The van der Waals surface area contributed by atoms with Crippen LogP contribution in [-0.4, -0.2) is 46.0 Å². The number of fused-ring (bicyclic) bond motifs is 1. The molecule has 0 amide bonds.